The minimum atomic E-state index is -3.38. The predicted molar refractivity (Wildman–Crippen MR) is 111 cm³/mol. The number of nitrogens with zero attached hydrogens (tertiary/aromatic N) is 4. The Hall–Kier alpha value is -3.67. The fraction of sp³-hybridized carbons (Fsp3) is 0.300. The van der Waals surface area contributed by atoms with Crippen molar-refractivity contribution in [1.29, 1.82) is 0 Å². The Labute approximate surface area is 180 Å². The van der Waals surface area contributed by atoms with Gasteiger partial charge in [-0.05, 0) is 38.1 Å². The summed E-state index contributed by atoms with van der Waals surface area (Å²) in [6.45, 7) is 4.61. The van der Waals surface area contributed by atoms with Gasteiger partial charge in [-0.25, -0.2) is 10.2 Å². The molecule has 0 unspecified atom stereocenters. The SMILES string of the molecule is C=CC(F)(F)c1ccncc1C1=NC(=C(F)c2nc(=O)cc(C3CCNCC3)n2N)ON1. The lowest BCUT2D eigenvalue weighted by atomic mass is 9.94. The minimum Gasteiger partial charge on any atom is -0.357 e. The molecule has 1 saturated heterocycles. The minimum absolute atomic E-state index is 0.0470. The number of halogens is 3. The van der Waals surface area contributed by atoms with Gasteiger partial charge in [-0.15, -0.1) is 0 Å². The Morgan fingerprint density at radius 1 is 1.38 bits per heavy atom. The summed E-state index contributed by atoms with van der Waals surface area (Å²) in [4.78, 5) is 28.6. The molecule has 2 aromatic rings. The third kappa shape index (κ3) is 3.96. The van der Waals surface area contributed by atoms with Crippen molar-refractivity contribution < 1.29 is 18.0 Å². The van der Waals surface area contributed by atoms with E-state index >= 15 is 4.39 Å². The zero-order chi connectivity index (χ0) is 22.9. The highest BCUT2D eigenvalue weighted by Gasteiger charge is 2.34. The number of aromatic nitrogens is 3. The fourth-order valence-electron chi connectivity index (χ4n) is 3.63. The summed E-state index contributed by atoms with van der Waals surface area (Å²) in [5.74, 6) is 0.248. The molecule has 2 aromatic heterocycles. The maximum Gasteiger partial charge on any atom is 0.292 e. The molecule has 4 heterocycles. The molecule has 9 nitrogen and oxygen atoms in total. The molecule has 0 aromatic carbocycles. The Kier molecular flexibility index (Phi) is 5.70. The first-order valence-corrected chi connectivity index (χ1v) is 9.79. The van der Waals surface area contributed by atoms with Crippen molar-refractivity contribution in [3.8, 4) is 0 Å². The molecule has 4 rings (SSSR count). The molecule has 2 aliphatic rings. The van der Waals surface area contributed by atoms with Crippen LogP contribution in [0.4, 0.5) is 13.2 Å². The third-order valence-corrected chi connectivity index (χ3v) is 5.28. The van der Waals surface area contributed by atoms with Gasteiger partial charge >= 0.3 is 0 Å². The summed E-state index contributed by atoms with van der Waals surface area (Å²) in [5, 5.41) is 3.20. The molecule has 0 aliphatic carbocycles. The van der Waals surface area contributed by atoms with Crippen molar-refractivity contribution in [3.05, 3.63) is 76.1 Å². The van der Waals surface area contributed by atoms with Crippen molar-refractivity contribution in [2.75, 3.05) is 18.9 Å². The highest BCUT2D eigenvalue weighted by atomic mass is 19.3. The quantitative estimate of drug-likeness (QED) is 0.471. The largest absolute Gasteiger partial charge is 0.357 e. The van der Waals surface area contributed by atoms with Crippen molar-refractivity contribution in [2.24, 2.45) is 4.99 Å². The van der Waals surface area contributed by atoms with E-state index < -0.39 is 34.6 Å². The number of allylic oxidation sites excluding steroid dienone is 1. The van der Waals surface area contributed by atoms with Gasteiger partial charge in [0, 0.05) is 35.5 Å². The van der Waals surface area contributed by atoms with Gasteiger partial charge < -0.3 is 16.0 Å². The molecule has 0 saturated carbocycles. The van der Waals surface area contributed by atoms with Crippen LogP contribution < -0.4 is 22.2 Å². The van der Waals surface area contributed by atoms with E-state index in [2.05, 4.69) is 32.3 Å². The van der Waals surface area contributed by atoms with Crippen LogP contribution in [0.15, 0.2) is 52.9 Å². The molecule has 12 heteroatoms. The molecule has 2 aliphatic heterocycles. The van der Waals surface area contributed by atoms with Gasteiger partial charge in [-0.3, -0.25) is 9.78 Å². The summed E-state index contributed by atoms with van der Waals surface area (Å²) in [5.41, 5.74) is 1.52. The molecule has 0 amide bonds. The molecule has 168 valence electrons. The number of nitrogens with one attached hydrogen (secondary N) is 2. The van der Waals surface area contributed by atoms with Crippen LogP contribution in [-0.2, 0) is 10.8 Å². The highest BCUT2D eigenvalue weighted by Crippen LogP contribution is 2.33. The van der Waals surface area contributed by atoms with Gasteiger partial charge in [0.2, 0.25) is 5.83 Å². The van der Waals surface area contributed by atoms with Crippen LogP contribution in [0.5, 0.6) is 0 Å². The number of piperidine rings is 1. The number of aliphatic imine (C=N–C) groups is 1. The lowest BCUT2D eigenvalue weighted by molar-refractivity contribution is 0.0521. The second-order valence-electron chi connectivity index (χ2n) is 7.27. The average molecular weight is 447 g/mol. The molecular formula is C20H20F3N7O2. The van der Waals surface area contributed by atoms with E-state index in [0.717, 1.165) is 42.9 Å². The summed E-state index contributed by atoms with van der Waals surface area (Å²) in [6.07, 6.45) is 4.24. The van der Waals surface area contributed by atoms with Gasteiger partial charge in [0.05, 0.1) is 5.69 Å². The third-order valence-electron chi connectivity index (χ3n) is 5.28. The Balaban J connectivity index is 1.75. The van der Waals surface area contributed by atoms with Gasteiger partial charge in [-0.2, -0.15) is 23.1 Å². The Morgan fingerprint density at radius 3 is 2.84 bits per heavy atom. The van der Waals surface area contributed by atoms with E-state index in [1.165, 1.54) is 12.3 Å². The smallest absolute Gasteiger partial charge is 0.292 e. The van der Waals surface area contributed by atoms with Crippen molar-refractivity contribution in [1.82, 2.24) is 25.4 Å². The van der Waals surface area contributed by atoms with E-state index in [1.54, 1.807) is 0 Å². The number of nitrogen functional groups attached to an aromatic ring is 1. The molecule has 0 atom stereocenters. The molecule has 32 heavy (non-hydrogen) atoms. The number of hydrogen-bond donors (Lipinski definition) is 3. The van der Waals surface area contributed by atoms with Crippen LogP contribution in [-0.4, -0.2) is 33.6 Å². The normalized spacial score (nSPS) is 18.5. The standard InChI is InChI=1S/C20H20F3N7O2/c1-2-20(22,23)13-5-8-26-10-12(13)17-28-19(32-29-17)16(21)18-27-15(31)9-14(30(18)24)11-3-6-25-7-4-11/h2,5,8-11,25H,1,3-4,6-7,24H2,(H,28,29). The molecule has 4 N–H and O–H groups in total. The number of pyridine rings is 1. The lowest BCUT2D eigenvalue weighted by Crippen LogP contribution is -2.32. The first-order chi connectivity index (χ1) is 15.3. The van der Waals surface area contributed by atoms with Crippen molar-refractivity contribution in [3.63, 3.8) is 0 Å². The summed E-state index contributed by atoms with van der Waals surface area (Å²) >= 11 is 0. The van der Waals surface area contributed by atoms with Gasteiger partial charge in [0.1, 0.15) is 0 Å². The van der Waals surface area contributed by atoms with Crippen LogP contribution in [0.1, 0.15) is 41.4 Å². The maximum atomic E-state index is 15.2. The summed E-state index contributed by atoms with van der Waals surface area (Å²) in [6, 6.07) is 2.38. The number of rotatable bonds is 5. The zero-order valence-electron chi connectivity index (χ0n) is 16.8. The number of amidine groups is 1. The molecule has 0 spiro atoms. The number of alkyl halides is 2. The van der Waals surface area contributed by atoms with Crippen LogP contribution in [0.25, 0.3) is 5.83 Å². The van der Waals surface area contributed by atoms with Crippen LogP contribution in [0.3, 0.4) is 0 Å². The van der Waals surface area contributed by atoms with E-state index in [4.69, 9.17) is 10.7 Å². The number of nitrogens with two attached hydrogens (primary N) is 1. The highest BCUT2D eigenvalue weighted by molar-refractivity contribution is 6.01. The molecule has 0 bridgehead atoms. The topological polar surface area (TPSA) is 119 Å². The van der Waals surface area contributed by atoms with Crippen LogP contribution >= 0.6 is 0 Å². The second kappa shape index (κ2) is 8.46. The Bertz CT molecular complexity index is 1170. The van der Waals surface area contributed by atoms with E-state index in [0.29, 0.717) is 11.8 Å². The maximum absolute atomic E-state index is 15.2. The van der Waals surface area contributed by atoms with Crippen LogP contribution in [0, 0.1) is 0 Å². The molecular weight excluding hydrogens is 427 g/mol. The van der Waals surface area contributed by atoms with Crippen molar-refractivity contribution in [2.45, 2.75) is 24.7 Å². The van der Waals surface area contributed by atoms with E-state index in [9.17, 15) is 13.6 Å². The van der Waals surface area contributed by atoms with Crippen molar-refractivity contribution >= 4 is 11.7 Å². The second-order valence-corrected chi connectivity index (χ2v) is 7.27. The van der Waals surface area contributed by atoms with Gasteiger partial charge in [-0.1, -0.05) is 6.58 Å². The molecule has 1 fully saturated rings. The number of hydroxylamine groups is 1. The van der Waals surface area contributed by atoms with E-state index in [-0.39, 0.29) is 17.3 Å². The van der Waals surface area contributed by atoms with E-state index in [1.807, 2.05) is 0 Å². The predicted octanol–water partition coefficient (Wildman–Crippen LogP) is 1.67. The first-order valence-electron chi connectivity index (χ1n) is 9.79. The van der Waals surface area contributed by atoms with Gasteiger partial charge in [0.25, 0.3) is 17.4 Å². The zero-order valence-corrected chi connectivity index (χ0v) is 16.8. The Morgan fingerprint density at radius 2 is 2.12 bits per heavy atom. The number of hydrogen-bond acceptors (Lipinski definition) is 8. The van der Waals surface area contributed by atoms with Crippen LogP contribution in [0.2, 0.25) is 0 Å². The summed E-state index contributed by atoms with van der Waals surface area (Å²) < 4.78 is 44.7. The monoisotopic (exact) mass is 447 g/mol. The fourth-order valence-corrected chi connectivity index (χ4v) is 3.63. The average Bonchev–Trinajstić information content (AvgIpc) is 3.30. The summed E-state index contributed by atoms with van der Waals surface area (Å²) in [7, 11) is 0. The lowest BCUT2D eigenvalue weighted by Gasteiger charge is -2.25. The first kappa shape index (κ1) is 21.6. The van der Waals surface area contributed by atoms with Gasteiger partial charge in [0.15, 0.2) is 11.7 Å². The molecule has 0 radical (unpaired) electrons.